The van der Waals surface area contributed by atoms with Crippen LogP contribution in [0.3, 0.4) is 0 Å². The van der Waals surface area contributed by atoms with Crippen molar-refractivity contribution in [3.8, 4) is 0 Å². The third-order valence-corrected chi connectivity index (χ3v) is 3.92. The molecule has 0 aliphatic carbocycles. The van der Waals surface area contributed by atoms with Crippen LogP contribution in [0.25, 0.3) is 10.8 Å². The summed E-state index contributed by atoms with van der Waals surface area (Å²) in [6, 6.07) is 11.9. The highest BCUT2D eigenvalue weighted by Crippen LogP contribution is 2.26. The first-order chi connectivity index (χ1) is 9.25. The van der Waals surface area contributed by atoms with Crippen LogP contribution in [0.5, 0.6) is 0 Å². The summed E-state index contributed by atoms with van der Waals surface area (Å²) in [6.45, 7) is 4.25. The fourth-order valence-electron chi connectivity index (χ4n) is 2.90. The van der Waals surface area contributed by atoms with Crippen LogP contribution < -0.4 is 10.6 Å². The van der Waals surface area contributed by atoms with E-state index >= 15 is 0 Å². The summed E-state index contributed by atoms with van der Waals surface area (Å²) in [6.07, 6.45) is 1.16. The Balaban J connectivity index is 1.93. The molecule has 1 aliphatic heterocycles. The standard InChI is InChI=1S/C16H19FN2/c1-11(19-12-8-9-18-10-12)13-6-7-16(17)15-5-3-2-4-14(13)15/h2-7,11-12,18-19H,8-10H2,1H3/t11?,12-/m0/s1. The summed E-state index contributed by atoms with van der Waals surface area (Å²) in [5.41, 5.74) is 1.17. The molecule has 100 valence electrons. The topological polar surface area (TPSA) is 24.1 Å². The van der Waals surface area contributed by atoms with Gasteiger partial charge in [-0.25, -0.2) is 4.39 Å². The zero-order chi connectivity index (χ0) is 13.2. The van der Waals surface area contributed by atoms with E-state index in [0.29, 0.717) is 11.4 Å². The van der Waals surface area contributed by atoms with Crippen molar-refractivity contribution in [3.63, 3.8) is 0 Å². The molecule has 1 aliphatic rings. The Bertz CT molecular complexity index is 576. The van der Waals surface area contributed by atoms with Gasteiger partial charge in [0.05, 0.1) is 0 Å². The van der Waals surface area contributed by atoms with Gasteiger partial charge in [-0.2, -0.15) is 0 Å². The maximum atomic E-state index is 13.8. The van der Waals surface area contributed by atoms with Gasteiger partial charge < -0.3 is 10.6 Å². The van der Waals surface area contributed by atoms with Gasteiger partial charge in [-0.3, -0.25) is 0 Å². The third-order valence-electron chi connectivity index (χ3n) is 3.92. The number of nitrogens with one attached hydrogen (secondary N) is 2. The normalized spacial score (nSPS) is 20.8. The Hall–Kier alpha value is -1.45. The molecule has 1 unspecified atom stereocenters. The molecule has 1 fully saturated rings. The average Bonchev–Trinajstić information content (AvgIpc) is 2.92. The van der Waals surface area contributed by atoms with E-state index in [-0.39, 0.29) is 11.9 Å². The van der Waals surface area contributed by atoms with Crippen LogP contribution in [-0.4, -0.2) is 19.1 Å². The number of hydrogen-bond donors (Lipinski definition) is 2. The van der Waals surface area contributed by atoms with Gasteiger partial charge in [0.1, 0.15) is 5.82 Å². The summed E-state index contributed by atoms with van der Waals surface area (Å²) >= 11 is 0. The summed E-state index contributed by atoms with van der Waals surface area (Å²) in [7, 11) is 0. The molecule has 19 heavy (non-hydrogen) atoms. The van der Waals surface area contributed by atoms with Crippen molar-refractivity contribution in [2.24, 2.45) is 0 Å². The Kier molecular flexibility index (Phi) is 3.49. The van der Waals surface area contributed by atoms with Crippen molar-refractivity contribution >= 4 is 10.8 Å². The minimum Gasteiger partial charge on any atom is -0.315 e. The smallest absolute Gasteiger partial charge is 0.131 e. The Morgan fingerprint density at radius 1 is 1.21 bits per heavy atom. The van der Waals surface area contributed by atoms with E-state index in [2.05, 4.69) is 17.6 Å². The molecule has 3 rings (SSSR count). The number of halogens is 1. The molecule has 1 saturated heterocycles. The van der Waals surface area contributed by atoms with Crippen molar-refractivity contribution in [2.45, 2.75) is 25.4 Å². The molecular formula is C16H19FN2. The Labute approximate surface area is 113 Å². The van der Waals surface area contributed by atoms with E-state index in [1.807, 2.05) is 30.3 Å². The molecule has 0 amide bonds. The number of benzene rings is 2. The first-order valence-electron chi connectivity index (χ1n) is 6.89. The van der Waals surface area contributed by atoms with Gasteiger partial charge in [0.15, 0.2) is 0 Å². The molecule has 0 radical (unpaired) electrons. The van der Waals surface area contributed by atoms with Crippen LogP contribution in [0.2, 0.25) is 0 Å². The predicted octanol–water partition coefficient (Wildman–Crippen LogP) is 2.99. The number of hydrogen-bond acceptors (Lipinski definition) is 2. The quantitative estimate of drug-likeness (QED) is 0.884. The lowest BCUT2D eigenvalue weighted by Crippen LogP contribution is -2.33. The van der Waals surface area contributed by atoms with Crippen molar-refractivity contribution in [3.05, 3.63) is 47.8 Å². The van der Waals surface area contributed by atoms with Crippen molar-refractivity contribution < 1.29 is 4.39 Å². The van der Waals surface area contributed by atoms with Gasteiger partial charge in [0, 0.05) is 24.0 Å². The monoisotopic (exact) mass is 258 g/mol. The maximum absolute atomic E-state index is 13.8. The maximum Gasteiger partial charge on any atom is 0.131 e. The Morgan fingerprint density at radius 3 is 2.74 bits per heavy atom. The van der Waals surface area contributed by atoms with Gasteiger partial charge in [0.2, 0.25) is 0 Å². The molecule has 2 N–H and O–H groups in total. The highest BCUT2D eigenvalue weighted by Gasteiger charge is 2.18. The third kappa shape index (κ3) is 2.48. The predicted molar refractivity (Wildman–Crippen MR) is 76.7 cm³/mol. The van der Waals surface area contributed by atoms with E-state index in [0.717, 1.165) is 24.9 Å². The fourth-order valence-corrected chi connectivity index (χ4v) is 2.90. The second-order valence-corrected chi connectivity index (χ2v) is 5.26. The fraction of sp³-hybridized carbons (Fsp3) is 0.375. The molecule has 0 spiro atoms. The largest absolute Gasteiger partial charge is 0.315 e. The van der Waals surface area contributed by atoms with Gasteiger partial charge >= 0.3 is 0 Å². The highest BCUT2D eigenvalue weighted by atomic mass is 19.1. The molecular weight excluding hydrogens is 239 g/mol. The summed E-state index contributed by atoms with van der Waals surface area (Å²) in [4.78, 5) is 0. The van der Waals surface area contributed by atoms with Crippen molar-refractivity contribution in [1.29, 1.82) is 0 Å². The van der Waals surface area contributed by atoms with E-state index in [1.54, 1.807) is 6.07 Å². The molecule has 3 heteroatoms. The molecule has 0 aromatic heterocycles. The molecule has 2 atom stereocenters. The van der Waals surface area contributed by atoms with E-state index in [4.69, 9.17) is 0 Å². The number of rotatable bonds is 3. The van der Waals surface area contributed by atoms with Crippen LogP contribution in [0.15, 0.2) is 36.4 Å². The van der Waals surface area contributed by atoms with Crippen LogP contribution >= 0.6 is 0 Å². The molecule has 0 saturated carbocycles. The lowest BCUT2D eigenvalue weighted by molar-refractivity contribution is 0.480. The minimum absolute atomic E-state index is 0.144. The molecule has 0 bridgehead atoms. The van der Waals surface area contributed by atoms with Gasteiger partial charge in [0.25, 0.3) is 0 Å². The molecule has 2 nitrogen and oxygen atoms in total. The van der Waals surface area contributed by atoms with E-state index in [1.165, 1.54) is 5.56 Å². The van der Waals surface area contributed by atoms with E-state index in [9.17, 15) is 4.39 Å². The zero-order valence-electron chi connectivity index (χ0n) is 11.1. The first-order valence-corrected chi connectivity index (χ1v) is 6.89. The molecule has 1 heterocycles. The molecule has 2 aromatic carbocycles. The summed E-state index contributed by atoms with van der Waals surface area (Å²) < 4.78 is 13.8. The van der Waals surface area contributed by atoms with Crippen LogP contribution in [0.1, 0.15) is 24.9 Å². The second kappa shape index (κ2) is 5.27. The summed E-state index contributed by atoms with van der Waals surface area (Å²) in [5.74, 6) is -0.144. The first kappa shape index (κ1) is 12.6. The lowest BCUT2D eigenvalue weighted by atomic mass is 9.98. The van der Waals surface area contributed by atoms with Crippen LogP contribution in [0.4, 0.5) is 4.39 Å². The van der Waals surface area contributed by atoms with Crippen molar-refractivity contribution in [1.82, 2.24) is 10.6 Å². The lowest BCUT2D eigenvalue weighted by Gasteiger charge is -2.20. The van der Waals surface area contributed by atoms with E-state index < -0.39 is 0 Å². The number of fused-ring (bicyclic) bond motifs is 1. The summed E-state index contributed by atoms with van der Waals surface area (Å²) in [5, 5.41) is 8.69. The Morgan fingerprint density at radius 2 is 2.00 bits per heavy atom. The van der Waals surface area contributed by atoms with Crippen LogP contribution in [-0.2, 0) is 0 Å². The van der Waals surface area contributed by atoms with Gasteiger partial charge in [-0.15, -0.1) is 0 Å². The average molecular weight is 258 g/mol. The zero-order valence-corrected chi connectivity index (χ0v) is 11.1. The van der Waals surface area contributed by atoms with Gasteiger partial charge in [-0.05, 0) is 36.9 Å². The van der Waals surface area contributed by atoms with Crippen molar-refractivity contribution in [2.75, 3.05) is 13.1 Å². The highest BCUT2D eigenvalue weighted by molar-refractivity contribution is 5.86. The van der Waals surface area contributed by atoms with Crippen LogP contribution in [0, 0.1) is 5.82 Å². The second-order valence-electron chi connectivity index (χ2n) is 5.26. The van der Waals surface area contributed by atoms with Gasteiger partial charge in [-0.1, -0.05) is 30.3 Å². The molecule has 2 aromatic rings. The SMILES string of the molecule is CC(N[C@H]1CCNC1)c1ccc(F)c2ccccc12. The minimum atomic E-state index is -0.144.